The third kappa shape index (κ3) is 5.48. The minimum atomic E-state index is -0.771. The van der Waals surface area contributed by atoms with Gasteiger partial charge in [-0.3, -0.25) is 14.9 Å². The topological polar surface area (TPSA) is 114 Å². The third-order valence-corrected chi connectivity index (χ3v) is 5.46. The quantitative estimate of drug-likeness (QED) is 0.146. The Bertz CT molecular complexity index is 1520. The Morgan fingerprint density at radius 1 is 1.03 bits per heavy atom. The number of carbonyl (C=O) groups is 1. The Labute approximate surface area is 207 Å². The Kier molecular flexibility index (Phi) is 7.22. The Morgan fingerprint density at radius 2 is 1.81 bits per heavy atom. The average molecular weight is 479 g/mol. The van der Waals surface area contributed by atoms with E-state index in [4.69, 9.17) is 9.47 Å². The number of carbonyl (C=O) groups excluding carboxylic acids is 1. The number of nitrogens with zero attached hydrogens (tertiary/aromatic N) is 2. The van der Waals surface area contributed by atoms with E-state index in [1.165, 1.54) is 31.4 Å². The van der Waals surface area contributed by atoms with Crippen molar-refractivity contribution in [3.63, 3.8) is 0 Å². The van der Waals surface area contributed by atoms with Crippen LogP contribution in [0.2, 0.25) is 0 Å². The number of amides is 1. The molecule has 1 amide bonds. The second-order valence-electron chi connectivity index (χ2n) is 7.76. The van der Waals surface area contributed by atoms with Crippen molar-refractivity contribution in [3.8, 4) is 17.6 Å². The van der Waals surface area contributed by atoms with E-state index in [1.807, 2.05) is 48.5 Å². The predicted molar refractivity (Wildman–Crippen MR) is 137 cm³/mol. The Balaban J connectivity index is 1.51. The first-order chi connectivity index (χ1) is 17.5. The van der Waals surface area contributed by atoms with Crippen molar-refractivity contribution in [2.24, 2.45) is 0 Å². The van der Waals surface area contributed by atoms with Crippen molar-refractivity contribution < 1.29 is 19.2 Å². The highest BCUT2D eigenvalue weighted by Gasteiger charge is 2.19. The molecule has 0 aliphatic heterocycles. The van der Waals surface area contributed by atoms with E-state index in [2.05, 4.69) is 5.32 Å². The van der Waals surface area contributed by atoms with E-state index in [0.717, 1.165) is 16.3 Å². The lowest BCUT2D eigenvalue weighted by Gasteiger charge is -2.10. The van der Waals surface area contributed by atoms with E-state index in [-0.39, 0.29) is 22.7 Å². The highest BCUT2D eigenvalue weighted by molar-refractivity contribution is 6.10. The first kappa shape index (κ1) is 24.0. The maximum absolute atomic E-state index is 12.7. The highest BCUT2D eigenvalue weighted by atomic mass is 16.6. The predicted octanol–water partition coefficient (Wildman–Crippen LogP) is 5.88. The van der Waals surface area contributed by atoms with Crippen LogP contribution in [0.5, 0.6) is 11.5 Å². The molecule has 0 radical (unpaired) electrons. The number of hydrogen-bond acceptors (Lipinski definition) is 6. The van der Waals surface area contributed by atoms with Crippen LogP contribution in [0.4, 0.5) is 11.4 Å². The number of fused-ring (bicyclic) bond motifs is 1. The van der Waals surface area contributed by atoms with E-state index < -0.39 is 10.8 Å². The van der Waals surface area contributed by atoms with Crippen molar-refractivity contribution in [2.45, 2.75) is 6.61 Å². The molecule has 0 aromatic heterocycles. The minimum Gasteiger partial charge on any atom is -0.496 e. The second-order valence-corrected chi connectivity index (χ2v) is 7.76. The molecule has 0 spiro atoms. The summed E-state index contributed by atoms with van der Waals surface area (Å²) in [5.74, 6) is 0.0732. The lowest BCUT2D eigenvalue weighted by Crippen LogP contribution is -2.14. The van der Waals surface area contributed by atoms with Crippen LogP contribution in [-0.2, 0) is 11.4 Å². The molecule has 1 N–H and O–H groups in total. The number of hydrogen-bond donors (Lipinski definition) is 1. The first-order valence-electron chi connectivity index (χ1n) is 10.9. The standard InChI is InChI=1S/C28H21N3O5/c1-35-23-12-13-26(27(16-23)31(33)34)30-28(32)22(17-29)14-19-6-4-10-24(15-19)36-18-21-9-5-8-20-7-2-3-11-25(20)21/h2-16H,18H2,1H3,(H,30,32)/b22-14+. The summed E-state index contributed by atoms with van der Waals surface area (Å²) in [6.07, 6.45) is 1.40. The van der Waals surface area contributed by atoms with Crippen LogP contribution in [0.25, 0.3) is 16.8 Å². The van der Waals surface area contributed by atoms with Crippen LogP contribution >= 0.6 is 0 Å². The molecule has 4 rings (SSSR count). The number of benzene rings is 4. The van der Waals surface area contributed by atoms with Gasteiger partial charge in [0.05, 0.1) is 18.1 Å². The number of ether oxygens (including phenoxy) is 2. The van der Waals surface area contributed by atoms with Crippen molar-refractivity contribution in [3.05, 3.63) is 112 Å². The molecule has 0 unspecified atom stereocenters. The van der Waals surface area contributed by atoms with Crippen molar-refractivity contribution in [1.29, 1.82) is 5.26 Å². The largest absolute Gasteiger partial charge is 0.496 e. The zero-order chi connectivity index (χ0) is 25.5. The Morgan fingerprint density at radius 3 is 2.58 bits per heavy atom. The maximum Gasteiger partial charge on any atom is 0.296 e. The van der Waals surface area contributed by atoms with Gasteiger partial charge in [0.15, 0.2) is 0 Å². The van der Waals surface area contributed by atoms with Gasteiger partial charge in [-0.05, 0) is 52.2 Å². The SMILES string of the molecule is COc1ccc(NC(=O)/C(C#N)=C/c2cccc(OCc3cccc4ccccc34)c2)c([N+](=O)[O-])c1. The molecule has 0 fully saturated rings. The van der Waals surface area contributed by atoms with Gasteiger partial charge in [-0.25, -0.2) is 0 Å². The molecule has 4 aromatic rings. The molecule has 0 aliphatic carbocycles. The molecule has 178 valence electrons. The van der Waals surface area contributed by atoms with Crippen LogP contribution in [0.15, 0.2) is 90.5 Å². The number of anilines is 1. The summed E-state index contributed by atoms with van der Waals surface area (Å²) in [7, 11) is 1.38. The molecule has 8 nitrogen and oxygen atoms in total. The zero-order valence-electron chi connectivity index (χ0n) is 19.3. The molecule has 0 bridgehead atoms. The fourth-order valence-corrected chi connectivity index (χ4v) is 3.67. The number of methoxy groups -OCH3 is 1. The minimum absolute atomic E-state index is 0.0425. The van der Waals surface area contributed by atoms with E-state index >= 15 is 0 Å². The van der Waals surface area contributed by atoms with Gasteiger partial charge >= 0.3 is 0 Å². The molecule has 0 saturated carbocycles. The highest BCUT2D eigenvalue weighted by Crippen LogP contribution is 2.29. The van der Waals surface area contributed by atoms with Gasteiger partial charge in [-0.15, -0.1) is 0 Å². The fraction of sp³-hybridized carbons (Fsp3) is 0.0714. The lowest BCUT2D eigenvalue weighted by atomic mass is 10.1. The van der Waals surface area contributed by atoms with Crippen molar-refractivity contribution >= 4 is 34.1 Å². The summed E-state index contributed by atoms with van der Waals surface area (Å²) in [5, 5.41) is 25.6. The number of nitriles is 1. The monoisotopic (exact) mass is 479 g/mol. The molecule has 4 aromatic carbocycles. The molecular weight excluding hydrogens is 458 g/mol. The van der Waals surface area contributed by atoms with E-state index in [0.29, 0.717) is 17.9 Å². The van der Waals surface area contributed by atoms with Crippen LogP contribution < -0.4 is 14.8 Å². The molecule has 0 saturated heterocycles. The smallest absolute Gasteiger partial charge is 0.296 e. The van der Waals surface area contributed by atoms with Gasteiger partial charge in [0.25, 0.3) is 11.6 Å². The molecule has 36 heavy (non-hydrogen) atoms. The summed E-state index contributed by atoms with van der Waals surface area (Å²) < 4.78 is 11.0. The molecule has 0 heterocycles. The molecule has 0 atom stereocenters. The van der Waals surface area contributed by atoms with E-state index in [1.54, 1.807) is 24.3 Å². The first-order valence-corrected chi connectivity index (χ1v) is 10.9. The summed E-state index contributed by atoms with van der Waals surface area (Å²) >= 11 is 0. The van der Waals surface area contributed by atoms with E-state index in [9.17, 15) is 20.2 Å². The normalized spacial score (nSPS) is 10.9. The third-order valence-electron chi connectivity index (χ3n) is 5.46. The van der Waals surface area contributed by atoms with Gasteiger partial charge in [-0.1, -0.05) is 54.6 Å². The van der Waals surface area contributed by atoms with Crippen LogP contribution in [0.3, 0.4) is 0 Å². The second kappa shape index (κ2) is 10.8. The number of nitro groups is 1. The van der Waals surface area contributed by atoms with Gasteiger partial charge < -0.3 is 14.8 Å². The van der Waals surface area contributed by atoms with Crippen LogP contribution in [0, 0.1) is 21.4 Å². The lowest BCUT2D eigenvalue weighted by molar-refractivity contribution is -0.384. The molecule has 0 aliphatic rings. The molecular formula is C28H21N3O5. The maximum atomic E-state index is 12.7. The number of nitro benzene ring substituents is 1. The van der Waals surface area contributed by atoms with Crippen LogP contribution in [0.1, 0.15) is 11.1 Å². The summed E-state index contributed by atoms with van der Waals surface area (Å²) in [6, 6.07) is 26.9. The summed E-state index contributed by atoms with van der Waals surface area (Å²) in [5.41, 5.74) is 1.00. The fourth-order valence-electron chi connectivity index (χ4n) is 3.67. The van der Waals surface area contributed by atoms with Gasteiger partial charge in [0.2, 0.25) is 0 Å². The van der Waals surface area contributed by atoms with Crippen molar-refractivity contribution in [2.75, 3.05) is 12.4 Å². The summed E-state index contributed by atoms with van der Waals surface area (Å²) in [6.45, 7) is 0.348. The molecule has 8 heteroatoms. The van der Waals surface area contributed by atoms with Gasteiger partial charge in [-0.2, -0.15) is 5.26 Å². The van der Waals surface area contributed by atoms with Crippen molar-refractivity contribution in [1.82, 2.24) is 0 Å². The van der Waals surface area contributed by atoms with Crippen LogP contribution in [-0.4, -0.2) is 17.9 Å². The zero-order valence-corrected chi connectivity index (χ0v) is 19.3. The number of rotatable bonds is 8. The Hall–Kier alpha value is -5.16. The van der Waals surface area contributed by atoms with Gasteiger partial charge in [0.1, 0.15) is 35.4 Å². The van der Waals surface area contributed by atoms with Gasteiger partial charge in [0, 0.05) is 0 Å². The number of nitrogens with one attached hydrogen (secondary N) is 1. The average Bonchev–Trinajstić information content (AvgIpc) is 2.90. The summed E-state index contributed by atoms with van der Waals surface area (Å²) in [4.78, 5) is 23.5.